The summed E-state index contributed by atoms with van der Waals surface area (Å²) in [4.78, 5) is 0. The fourth-order valence-electron chi connectivity index (χ4n) is 1.49. The highest BCUT2D eigenvalue weighted by atomic mass is 16.5. The van der Waals surface area contributed by atoms with Crippen molar-refractivity contribution in [3.05, 3.63) is 0 Å². The summed E-state index contributed by atoms with van der Waals surface area (Å²) < 4.78 is 5.49. The summed E-state index contributed by atoms with van der Waals surface area (Å²) >= 11 is 0. The molecule has 0 spiro atoms. The standard InChI is InChI=1S/C9H18O2/c1-2-3-4-9-7-8(10)5-6-11-9/h8-10H,2-7H2,1H3. The first-order valence-electron chi connectivity index (χ1n) is 4.62. The van der Waals surface area contributed by atoms with Gasteiger partial charge in [0.05, 0.1) is 12.2 Å². The maximum Gasteiger partial charge on any atom is 0.0599 e. The molecule has 0 aromatic carbocycles. The van der Waals surface area contributed by atoms with Crippen molar-refractivity contribution in [2.24, 2.45) is 0 Å². The Hall–Kier alpha value is -0.0800. The summed E-state index contributed by atoms with van der Waals surface area (Å²) in [7, 11) is 0. The first-order chi connectivity index (χ1) is 5.33. The van der Waals surface area contributed by atoms with E-state index in [0.29, 0.717) is 6.10 Å². The molecule has 1 aliphatic heterocycles. The maximum absolute atomic E-state index is 9.30. The van der Waals surface area contributed by atoms with Crippen LogP contribution in [0.15, 0.2) is 0 Å². The van der Waals surface area contributed by atoms with Crippen molar-refractivity contribution >= 4 is 0 Å². The van der Waals surface area contributed by atoms with Crippen LogP contribution in [0, 0.1) is 0 Å². The number of ether oxygens (including phenoxy) is 1. The summed E-state index contributed by atoms with van der Waals surface area (Å²) in [6.07, 6.45) is 5.45. The van der Waals surface area contributed by atoms with Gasteiger partial charge in [-0.3, -0.25) is 0 Å². The molecule has 0 aromatic heterocycles. The molecule has 0 bridgehead atoms. The highest BCUT2D eigenvalue weighted by Crippen LogP contribution is 2.17. The van der Waals surface area contributed by atoms with Crippen molar-refractivity contribution < 1.29 is 9.84 Å². The molecule has 2 unspecified atom stereocenters. The van der Waals surface area contributed by atoms with Crippen LogP contribution in [0.4, 0.5) is 0 Å². The number of aliphatic hydroxyl groups is 1. The van der Waals surface area contributed by atoms with Gasteiger partial charge in [-0.25, -0.2) is 0 Å². The summed E-state index contributed by atoms with van der Waals surface area (Å²) in [5.41, 5.74) is 0. The van der Waals surface area contributed by atoms with Crippen molar-refractivity contribution in [2.45, 2.75) is 51.2 Å². The van der Waals surface area contributed by atoms with Crippen LogP contribution in [0.3, 0.4) is 0 Å². The number of hydrogen-bond acceptors (Lipinski definition) is 2. The molecule has 1 heterocycles. The monoisotopic (exact) mass is 158 g/mol. The molecule has 0 amide bonds. The minimum Gasteiger partial charge on any atom is -0.393 e. The van der Waals surface area contributed by atoms with Crippen molar-refractivity contribution in [1.29, 1.82) is 0 Å². The van der Waals surface area contributed by atoms with E-state index in [4.69, 9.17) is 4.74 Å². The van der Waals surface area contributed by atoms with Crippen LogP contribution >= 0.6 is 0 Å². The van der Waals surface area contributed by atoms with Gasteiger partial charge in [0.25, 0.3) is 0 Å². The third-order valence-corrected chi connectivity index (χ3v) is 2.22. The Labute approximate surface area is 68.6 Å². The lowest BCUT2D eigenvalue weighted by molar-refractivity contribution is -0.0469. The fraction of sp³-hybridized carbons (Fsp3) is 1.00. The lowest BCUT2D eigenvalue weighted by atomic mass is 10.0. The van der Waals surface area contributed by atoms with Crippen LogP contribution in [-0.2, 0) is 4.74 Å². The predicted octanol–water partition coefficient (Wildman–Crippen LogP) is 1.72. The Morgan fingerprint density at radius 3 is 3.00 bits per heavy atom. The van der Waals surface area contributed by atoms with E-state index in [1.165, 1.54) is 12.8 Å². The summed E-state index contributed by atoms with van der Waals surface area (Å²) in [5.74, 6) is 0. The zero-order valence-electron chi connectivity index (χ0n) is 7.25. The van der Waals surface area contributed by atoms with Gasteiger partial charge in [0.2, 0.25) is 0 Å². The second kappa shape index (κ2) is 4.73. The zero-order valence-corrected chi connectivity index (χ0v) is 7.25. The topological polar surface area (TPSA) is 29.5 Å². The molecule has 66 valence electrons. The van der Waals surface area contributed by atoms with E-state index in [0.717, 1.165) is 25.9 Å². The van der Waals surface area contributed by atoms with Crippen LogP contribution in [0.5, 0.6) is 0 Å². The molecule has 1 rings (SSSR count). The van der Waals surface area contributed by atoms with Gasteiger partial charge in [-0.2, -0.15) is 0 Å². The van der Waals surface area contributed by atoms with Crippen molar-refractivity contribution in [3.8, 4) is 0 Å². The molecule has 1 aliphatic rings. The van der Waals surface area contributed by atoms with Crippen molar-refractivity contribution in [3.63, 3.8) is 0 Å². The first kappa shape index (κ1) is 9.01. The second-order valence-corrected chi connectivity index (χ2v) is 3.31. The Balaban J connectivity index is 2.12. The Bertz CT molecular complexity index is 104. The molecule has 0 aliphatic carbocycles. The molecule has 11 heavy (non-hydrogen) atoms. The molecule has 1 saturated heterocycles. The molecule has 0 radical (unpaired) electrons. The Morgan fingerprint density at radius 2 is 2.36 bits per heavy atom. The van der Waals surface area contributed by atoms with Crippen LogP contribution in [0.25, 0.3) is 0 Å². The molecule has 1 fully saturated rings. The lowest BCUT2D eigenvalue weighted by Gasteiger charge is -2.26. The van der Waals surface area contributed by atoms with E-state index in [1.54, 1.807) is 0 Å². The zero-order chi connectivity index (χ0) is 8.10. The largest absolute Gasteiger partial charge is 0.393 e. The molecule has 0 aromatic rings. The minimum atomic E-state index is -0.106. The van der Waals surface area contributed by atoms with Crippen LogP contribution in [0.1, 0.15) is 39.0 Å². The van der Waals surface area contributed by atoms with Gasteiger partial charge in [-0.15, -0.1) is 0 Å². The lowest BCUT2D eigenvalue weighted by Crippen LogP contribution is -2.28. The van der Waals surface area contributed by atoms with E-state index in [9.17, 15) is 5.11 Å². The molecule has 1 N–H and O–H groups in total. The SMILES string of the molecule is CCCCC1CC(O)CCO1. The Kier molecular flexibility index (Phi) is 3.87. The van der Waals surface area contributed by atoms with E-state index in [1.807, 2.05) is 0 Å². The van der Waals surface area contributed by atoms with Gasteiger partial charge in [0, 0.05) is 6.61 Å². The molecule has 2 heteroatoms. The van der Waals surface area contributed by atoms with E-state index in [-0.39, 0.29) is 6.10 Å². The van der Waals surface area contributed by atoms with E-state index in [2.05, 4.69) is 6.92 Å². The van der Waals surface area contributed by atoms with Crippen molar-refractivity contribution in [2.75, 3.05) is 6.61 Å². The molecule has 2 atom stereocenters. The summed E-state index contributed by atoms with van der Waals surface area (Å²) in [6.45, 7) is 2.93. The van der Waals surface area contributed by atoms with Crippen LogP contribution in [-0.4, -0.2) is 23.9 Å². The number of rotatable bonds is 3. The number of aliphatic hydroxyl groups excluding tert-OH is 1. The molecular weight excluding hydrogens is 140 g/mol. The third kappa shape index (κ3) is 3.21. The number of hydrogen-bond donors (Lipinski definition) is 1. The van der Waals surface area contributed by atoms with Gasteiger partial charge >= 0.3 is 0 Å². The van der Waals surface area contributed by atoms with E-state index < -0.39 is 0 Å². The number of unbranched alkanes of at least 4 members (excludes halogenated alkanes) is 1. The minimum absolute atomic E-state index is 0.106. The van der Waals surface area contributed by atoms with Gasteiger partial charge in [0.15, 0.2) is 0 Å². The fourth-order valence-corrected chi connectivity index (χ4v) is 1.49. The molecule has 0 saturated carbocycles. The third-order valence-electron chi connectivity index (χ3n) is 2.22. The molecule has 2 nitrogen and oxygen atoms in total. The first-order valence-corrected chi connectivity index (χ1v) is 4.62. The van der Waals surface area contributed by atoms with Crippen LogP contribution < -0.4 is 0 Å². The van der Waals surface area contributed by atoms with Gasteiger partial charge < -0.3 is 9.84 Å². The predicted molar refractivity (Wildman–Crippen MR) is 44.5 cm³/mol. The van der Waals surface area contributed by atoms with Gasteiger partial charge in [-0.05, 0) is 19.3 Å². The van der Waals surface area contributed by atoms with Crippen molar-refractivity contribution in [1.82, 2.24) is 0 Å². The Morgan fingerprint density at radius 1 is 1.55 bits per heavy atom. The smallest absolute Gasteiger partial charge is 0.0599 e. The normalized spacial score (nSPS) is 32.2. The van der Waals surface area contributed by atoms with Gasteiger partial charge in [-0.1, -0.05) is 19.8 Å². The summed E-state index contributed by atoms with van der Waals surface area (Å²) in [6, 6.07) is 0. The highest BCUT2D eigenvalue weighted by Gasteiger charge is 2.19. The average molecular weight is 158 g/mol. The maximum atomic E-state index is 9.30. The average Bonchev–Trinajstić information content (AvgIpc) is 2.01. The van der Waals surface area contributed by atoms with E-state index >= 15 is 0 Å². The second-order valence-electron chi connectivity index (χ2n) is 3.31. The highest BCUT2D eigenvalue weighted by molar-refractivity contribution is 4.69. The van der Waals surface area contributed by atoms with Gasteiger partial charge in [0.1, 0.15) is 0 Å². The molecular formula is C9H18O2. The quantitative estimate of drug-likeness (QED) is 0.677. The summed E-state index contributed by atoms with van der Waals surface area (Å²) in [5, 5.41) is 9.30. The van der Waals surface area contributed by atoms with Crippen LogP contribution in [0.2, 0.25) is 0 Å².